The first-order chi connectivity index (χ1) is 12.5. The first-order valence-electron chi connectivity index (χ1n) is 9.15. The molecule has 0 fully saturated rings. The number of para-hydroxylation sites is 1. The summed E-state index contributed by atoms with van der Waals surface area (Å²) in [6.45, 7) is 4.70. The van der Waals surface area contributed by atoms with E-state index in [2.05, 4.69) is 16.0 Å². The Morgan fingerprint density at radius 3 is 2.77 bits per heavy atom. The topological polar surface area (TPSA) is 45.7 Å². The minimum absolute atomic E-state index is 0.0392. The lowest BCUT2D eigenvalue weighted by atomic mass is 9.94. The first-order valence-corrected chi connectivity index (χ1v) is 9.15. The Morgan fingerprint density at radius 2 is 2.04 bits per heavy atom. The van der Waals surface area contributed by atoms with Crippen LogP contribution in [0.5, 0.6) is 5.88 Å². The fraction of sp³-hybridized carbons (Fsp3) is 0.429. The third kappa shape index (κ3) is 3.88. The van der Waals surface area contributed by atoms with Gasteiger partial charge >= 0.3 is 0 Å². The van der Waals surface area contributed by atoms with Gasteiger partial charge in [-0.3, -0.25) is 4.79 Å². The van der Waals surface area contributed by atoms with E-state index in [9.17, 15) is 4.79 Å². The average molecular weight is 353 g/mol. The van der Waals surface area contributed by atoms with E-state index in [0.717, 1.165) is 25.1 Å². The number of carbonyl (C=O) groups excluding carboxylic acids is 1. The van der Waals surface area contributed by atoms with E-state index >= 15 is 0 Å². The molecule has 1 aromatic carbocycles. The number of fused-ring (bicyclic) bond motifs is 1. The maximum Gasteiger partial charge on any atom is 0.264 e. The maximum atomic E-state index is 13.5. The number of nitrogens with zero attached hydrogens (tertiary/aromatic N) is 3. The minimum atomic E-state index is -0.0484. The van der Waals surface area contributed by atoms with Crippen molar-refractivity contribution >= 4 is 11.6 Å². The SMILES string of the molecule is CC(C)Oc1ncccc1C(=O)N1c2ccccc2CCC1CN(C)C. The van der Waals surface area contributed by atoms with Gasteiger partial charge in [0, 0.05) is 18.4 Å². The highest BCUT2D eigenvalue weighted by Gasteiger charge is 2.33. The Balaban J connectivity index is 2.02. The molecule has 0 N–H and O–H groups in total. The molecule has 1 unspecified atom stereocenters. The van der Waals surface area contributed by atoms with Gasteiger partial charge in [-0.1, -0.05) is 18.2 Å². The normalized spacial score (nSPS) is 16.7. The van der Waals surface area contributed by atoms with E-state index < -0.39 is 0 Å². The Kier molecular flexibility index (Phi) is 5.57. The van der Waals surface area contributed by atoms with Crippen LogP contribution >= 0.6 is 0 Å². The van der Waals surface area contributed by atoms with Crippen LogP contribution in [0.2, 0.25) is 0 Å². The van der Waals surface area contributed by atoms with Gasteiger partial charge in [-0.15, -0.1) is 0 Å². The molecule has 0 aliphatic carbocycles. The van der Waals surface area contributed by atoms with Gasteiger partial charge in [0.05, 0.1) is 12.1 Å². The van der Waals surface area contributed by atoms with Gasteiger partial charge in [0.1, 0.15) is 5.56 Å². The third-order valence-electron chi connectivity index (χ3n) is 4.51. The van der Waals surface area contributed by atoms with Crippen LogP contribution < -0.4 is 9.64 Å². The summed E-state index contributed by atoms with van der Waals surface area (Å²) >= 11 is 0. The summed E-state index contributed by atoms with van der Waals surface area (Å²) in [6, 6.07) is 11.9. The predicted molar refractivity (Wildman–Crippen MR) is 104 cm³/mol. The first kappa shape index (κ1) is 18.4. The number of pyridine rings is 1. The van der Waals surface area contributed by atoms with Crippen LogP contribution in [0.4, 0.5) is 5.69 Å². The number of hydrogen-bond donors (Lipinski definition) is 0. The zero-order chi connectivity index (χ0) is 18.7. The minimum Gasteiger partial charge on any atom is -0.474 e. The second kappa shape index (κ2) is 7.87. The van der Waals surface area contributed by atoms with E-state index in [0.29, 0.717) is 11.4 Å². The number of anilines is 1. The number of hydrogen-bond acceptors (Lipinski definition) is 4. The van der Waals surface area contributed by atoms with Gasteiger partial charge in [0.25, 0.3) is 5.91 Å². The molecule has 0 saturated heterocycles. The van der Waals surface area contributed by atoms with Crippen LogP contribution in [0.15, 0.2) is 42.6 Å². The lowest BCUT2D eigenvalue weighted by Crippen LogP contribution is -2.48. The number of aromatic nitrogens is 1. The van der Waals surface area contributed by atoms with Crippen molar-refractivity contribution in [2.24, 2.45) is 0 Å². The number of aryl methyl sites for hydroxylation is 1. The van der Waals surface area contributed by atoms with E-state index in [1.54, 1.807) is 18.3 Å². The lowest BCUT2D eigenvalue weighted by molar-refractivity contribution is 0.0961. The highest BCUT2D eigenvalue weighted by Crippen LogP contribution is 2.33. The fourth-order valence-electron chi connectivity index (χ4n) is 3.48. The number of benzene rings is 1. The van der Waals surface area contributed by atoms with Crippen molar-refractivity contribution in [3.63, 3.8) is 0 Å². The molecule has 1 amide bonds. The van der Waals surface area contributed by atoms with Crippen LogP contribution in [0.1, 0.15) is 36.2 Å². The van der Waals surface area contributed by atoms with E-state index in [1.807, 2.05) is 51.0 Å². The Morgan fingerprint density at radius 1 is 1.27 bits per heavy atom. The van der Waals surface area contributed by atoms with Crippen molar-refractivity contribution in [2.45, 2.75) is 38.8 Å². The van der Waals surface area contributed by atoms with Gasteiger partial charge in [0.2, 0.25) is 5.88 Å². The van der Waals surface area contributed by atoms with E-state index in [1.165, 1.54) is 5.56 Å². The number of likely N-dealkylation sites (N-methyl/N-ethyl adjacent to an activating group) is 1. The molecule has 5 nitrogen and oxygen atoms in total. The molecule has 0 spiro atoms. The second-order valence-corrected chi connectivity index (χ2v) is 7.28. The summed E-state index contributed by atoms with van der Waals surface area (Å²) in [5, 5.41) is 0. The number of ether oxygens (including phenoxy) is 1. The standard InChI is InChI=1S/C21H27N3O2/c1-15(2)26-20-18(9-7-13-22-20)21(25)24-17(14-23(3)4)12-11-16-8-5-6-10-19(16)24/h5-10,13,15,17H,11-12,14H2,1-4H3. The molecule has 0 saturated carbocycles. The monoisotopic (exact) mass is 353 g/mol. The molecule has 26 heavy (non-hydrogen) atoms. The van der Waals surface area contributed by atoms with Gasteiger partial charge in [-0.25, -0.2) is 4.98 Å². The molecule has 1 aliphatic rings. The highest BCUT2D eigenvalue weighted by molar-refractivity contribution is 6.08. The molecule has 1 atom stereocenters. The molecule has 1 aromatic heterocycles. The van der Waals surface area contributed by atoms with Crippen molar-refractivity contribution in [1.82, 2.24) is 9.88 Å². The van der Waals surface area contributed by atoms with Crippen molar-refractivity contribution < 1.29 is 9.53 Å². The highest BCUT2D eigenvalue weighted by atomic mass is 16.5. The summed E-state index contributed by atoms with van der Waals surface area (Å²) in [5.41, 5.74) is 2.72. The van der Waals surface area contributed by atoms with Crippen molar-refractivity contribution in [3.05, 3.63) is 53.7 Å². The quantitative estimate of drug-likeness (QED) is 0.827. The Bertz CT molecular complexity index is 773. The Hall–Kier alpha value is -2.40. The Labute approximate surface area is 155 Å². The summed E-state index contributed by atoms with van der Waals surface area (Å²) in [5.74, 6) is 0.354. The lowest BCUT2D eigenvalue weighted by Gasteiger charge is -2.38. The van der Waals surface area contributed by atoms with Crippen molar-refractivity contribution in [1.29, 1.82) is 0 Å². The van der Waals surface area contributed by atoms with Gasteiger partial charge < -0.3 is 14.5 Å². The van der Waals surface area contributed by atoms with E-state index in [4.69, 9.17) is 4.74 Å². The van der Waals surface area contributed by atoms with Crippen LogP contribution in [-0.4, -0.2) is 48.6 Å². The molecule has 3 rings (SSSR count). The molecule has 0 bridgehead atoms. The summed E-state index contributed by atoms with van der Waals surface area (Å²) in [6.07, 6.45) is 3.56. The van der Waals surface area contributed by atoms with Crippen LogP contribution in [0, 0.1) is 0 Å². The number of amides is 1. The number of carbonyl (C=O) groups is 1. The van der Waals surface area contributed by atoms with Crippen LogP contribution in [0.3, 0.4) is 0 Å². The van der Waals surface area contributed by atoms with E-state index in [-0.39, 0.29) is 18.1 Å². The molecule has 2 aromatic rings. The molecular weight excluding hydrogens is 326 g/mol. The molecule has 138 valence electrons. The molecule has 5 heteroatoms. The van der Waals surface area contributed by atoms with Gasteiger partial charge in [0.15, 0.2) is 0 Å². The van der Waals surface area contributed by atoms with Crippen LogP contribution in [0.25, 0.3) is 0 Å². The number of rotatable bonds is 5. The van der Waals surface area contributed by atoms with Crippen molar-refractivity contribution in [3.8, 4) is 5.88 Å². The smallest absolute Gasteiger partial charge is 0.264 e. The second-order valence-electron chi connectivity index (χ2n) is 7.28. The third-order valence-corrected chi connectivity index (χ3v) is 4.51. The molecule has 0 radical (unpaired) electrons. The summed E-state index contributed by atoms with van der Waals surface area (Å²) in [7, 11) is 4.08. The average Bonchev–Trinajstić information content (AvgIpc) is 2.60. The van der Waals surface area contributed by atoms with Crippen LogP contribution in [-0.2, 0) is 6.42 Å². The molecular formula is C21H27N3O2. The van der Waals surface area contributed by atoms with Crippen molar-refractivity contribution in [2.75, 3.05) is 25.5 Å². The maximum absolute atomic E-state index is 13.5. The van der Waals surface area contributed by atoms with Gasteiger partial charge in [-0.05, 0) is 64.5 Å². The van der Waals surface area contributed by atoms with Gasteiger partial charge in [-0.2, -0.15) is 0 Å². The zero-order valence-electron chi connectivity index (χ0n) is 16.0. The molecule has 1 aliphatic heterocycles. The fourth-order valence-corrected chi connectivity index (χ4v) is 3.48. The largest absolute Gasteiger partial charge is 0.474 e. The summed E-state index contributed by atoms with van der Waals surface area (Å²) < 4.78 is 5.79. The zero-order valence-corrected chi connectivity index (χ0v) is 16.0. The predicted octanol–water partition coefficient (Wildman–Crippen LogP) is 3.39. The summed E-state index contributed by atoms with van der Waals surface area (Å²) in [4.78, 5) is 21.9. The molecule has 2 heterocycles.